The molecule has 0 atom stereocenters. The number of alkyl halides is 1. The molecule has 0 aromatic carbocycles. The molecule has 0 N–H and O–H groups in total. The second kappa shape index (κ2) is 6.61. The normalized spacial score (nSPS) is 11.9. The van der Waals surface area contributed by atoms with Crippen molar-refractivity contribution in [1.29, 1.82) is 0 Å². The molecule has 2 heterocycles. The van der Waals surface area contributed by atoms with Gasteiger partial charge in [0.25, 0.3) is 0 Å². The van der Waals surface area contributed by atoms with Crippen molar-refractivity contribution >= 4 is 22.8 Å². The minimum Gasteiger partial charge on any atom is -0.313 e. The molecule has 0 unspecified atom stereocenters. The highest BCUT2D eigenvalue weighted by atomic mass is 35.5. The highest BCUT2D eigenvalue weighted by molar-refractivity contribution is 6.17. The van der Waals surface area contributed by atoms with Gasteiger partial charge in [0.15, 0.2) is 5.65 Å². The lowest BCUT2D eigenvalue weighted by Gasteiger charge is -2.10. The van der Waals surface area contributed by atoms with Gasteiger partial charge in [0.05, 0.1) is 5.69 Å². The maximum atomic E-state index is 5.92. The molecule has 112 valence electrons. The summed E-state index contributed by atoms with van der Waals surface area (Å²) >= 11 is 5.92. The highest BCUT2D eigenvalue weighted by Gasteiger charge is 2.17. The maximum absolute atomic E-state index is 5.92. The van der Waals surface area contributed by atoms with E-state index in [0.717, 1.165) is 48.0 Å². The van der Waals surface area contributed by atoms with Gasteiger partial charge in [0, 0.05) is 25.9 Å². The van der Waals surface area contributed by atoms with E-state index in [2.05, 4.69) is 30.4 Å². The molecule has 0 aliphatic heterocycles. The molecule has 0 bridgehead atoms. The third-order valence-corrected chi connectivity index (χ3v) is 3.88. The monoisotopic (exact) mass is 296 g/mol. The largest absolute Gasteiger partial charge is 0.313 e. The average Bonchev–Trinajstić information content (AvgIpc) is 2.89. The summed E-state index contributed by atoms with van der Waals surface area (Å²) in [5, 5.41) is 4.57. The van der Waals surface area contributed by atoms with Crippen LogP contribution in [0.1, 0.15) is 45.1 Å². The van der Waals surface area contributed by atoms with Crippen LogP contribution >= 0.6 is 11.6 Å². The van der Waals surface area contributed by atoms with E-state index in [1.54, 1.807) is 0 Å². The molecule has 20 heavy (non-hydrogen) atoms. The Hall–Kier alpha value is -1.03. The zero-order valence-electron chi connectivity index (χ0n) is 13.0. The first-order chi connectivity index (χ1) is 9.58. The molecule has 5 heteroatoms. The van der Waals surface area contributed by atoms with Crippen LogP contribution in [0, 0.1) is 5.92 Å². The van der Waals surface area contributed by atoms with Gasteiger partial charge in [0.2, 0.25) is 0 Å². The van der Waals surface area contributed by atoms with Crippen molar-refractivity contribution in [3.8, 4) is 0 Å². The quantitative estimate of drug-likeness (QED) is 0.733. The minimum atomic E-state index is 0.613. The molecule has 2 aromatic heterocycles. The zero-order valence-corrected chi connectivity index (χ0v) is 13.7. The Balaban J connectivity index is 2.37. The van der Waals surface area contributed by atoms with E-state index in [9.17, 15) is 0 Å². The summed E-state index contributed by atoms with van der Waals surface area (Å²) in [5.41, 5.74) is 3.28. The second-order valence-corrected chi connectivity index (χ2v) is 6.13. The van der Waals surface area contributed by atoms with Gasteiger partial charge in [-0.05, 0) is 25.2 Å². The third kappa shape index (κ3) is 3.00. The van der Waals surface area contributed by atoms with Gasteiger partial charge in [-0.3, -0.25) is 4.68 Å². The smallest absolute Gasteiger partial charge is 0.158 e. The predicted molar refractivity (Wildman–Crippen MR) is 84.4 cm³/mol. The summed E-state index contributed by atoms with van der Waals surface area (Å²) < 4.78 is 4.28. The molecule has 0 saturated carbocycles. The van der Waals surface area contributed by atoms with E-state index < -0.39 is 0 Å². The number of imidazole rings is 1. The first kappa shape index (κ1) is 15.4. The zero-order chi connectivity index (χ0) is 14.7. The molecule has 0 fully saturated rings. The molecule has 2 aromatic rings. The molecule has 0 radical (unpaired) electrons. The van der Waals surface area contributed by atoms with E-state index in [0.29, 0.717) is 5.88 Å². The van der Waals surface area contributed by atoms with E-state index in [-0.39, 0.29) is 0 Å². The predicted octanol–water partition coefficient (Wildman–Crippen LogP) is 3.55. The van der Waals surface area contributed by atoms with Gasteiger partial charge < -0.3 is 4.57 Å². The number of aromatic nitrogens is 4. The van der Waals surface area contributed by atoms with Crippen molar-refractivity contribution in [2.75, 3.05) is 5.88 Å². The molecular weight excluding hydrogens is 272 g/mol. The van der Waals surface area contributed by atoms with Gasteiger partial charge >= 0.3 is 0 Å². The van der Waals surface area contributed by atoms with Gasteiger partial charge in [-0.1, -0.05) is 20.8 Å². The van der Waals surface area contributed by atoms with E-state index in [1.165, 1.54) is 12.8 Å². The van der Waals surface area contributed by atoms with Crippen LogP contribution in [-0.4, -0.2) is 25.2 Å². The van der Waals surface area contributed by atoms with Crippen molar-refractivity contribution in [3.63, 3.8) is 0 Å². The van der Waals surface area contributed by atoms with Gasteiger partial charge in [-0.2, -0.15) is 5.10 Å². The minimum absolute atomic E-state index is 0.613. The summed E-state index contributed by atoms with van der Waals surface area (Å²) in [6.45, 7) is 7.66. The number of fused-ring (bicyclic) bond motifs is 1. The second-order valence-electron chi connectivity index (χ2n) is 5.75. The fraction of sp³-hybridized carbons (Fsp3) is 0.733. The van der Waals surface area contributed by atoms with Gasteiger partial charge in [-0.15, -0.1) is 11.6 Å². The van der Waals surface area contributed by atoms with Crippen LogP contribution in [0.2, 0.25) is 0 Å². The molecule has 0 amide bonds. The molecular formula is C15H25ClN4. The van der Waals surface area contributed by atoms with Crippen LogP contribution in [0.25, 0.3) is 11.2 Å². The Labute approximate surface area is 126 Å². The molecule has 4 nitrogen and oxygen atoms in total. The topological polar surface area (TPSA) is 35.6 Å². The van der Waals surface area contributed by atoms with Crippen LogP contribution in [-0.2, 0) is 26.4 Å². The standard InChI is InChI=1S/C15H25ClN4/c1-5-12-14-15(19(4)18-12)20(10-6-7-11(2)3)13(17-14)8-9-16/h11H,5-10H2,1-4H3. The Morgan fingerprint density at radius 2 is 2.05 bits per heavy atom. The Morgan fingerprint density at radius 1 is 1.30 bits per heavy atom. The Bertz CT molecular complexity index is 568. The van der Waals surface area contributed by atoms with E-state index in [4.69, 9.17) is 16.6 Å². The number of hydrogen-bond acceptors (Lipinski definition) is 2. The van der Waals surface area contributed by atoms with Crippen molar-refractivity contribution in [3.05, 3.63) is 11.5 Å². The summed E-state index contributed by atoms with van der Waals surface area (Å²) in [6, 6.07) is 0. The summed E-state index contributed by atoms with van der Waals surface area (Å²) in [5.74, 6) is 2.45. The van der Waals surface area contributed by atoms with Crippen LogP contribution in [0.4, 0.5) is 0 Å². The maximum Gasteiger partial charge on any atom is 0.158 e. The molecule has 0 spiro atoms. The lowest BCUT2D eigenvalue weighted by atomic mass is 10.1. The van der Waals surface area contributed by atoms with Crippen LogP contribution in [0.15, 0.2) is 0 Å². The van der Waals surface area contributed by atoms with Crippen LogP contribution < -0.4 is 0 Å². The average molecular weight is 297 g/mol. The van der Waals surface area contributed by atoms with Crippen molar-refractivity contribution in [2.45, 2.75) is 53.0 Å². The molecule has 2 rings (SSSR count). The lowest BCUT2D eigenvalue weighted by Crippen LogP contribution is -2.09. The van der Waals surface area contributed by atoms with Crippen LogP contribution in [0.3, 0.4) is 0 Å². The number of hydrogen-bond donors (Lipinski definition) is 0. The van der Waals surface area contributed by atoms with E-state index in [1.807, 2.05) is 11.7 Å². The first-order valence-corrected chi connectivity index (χ1v) is 8.08. The highest BCUT2D eigenvalue weighted by Crippen LogP contribution is 2.21. The fourth-order valence-corrected chi connectivity index (χ4v) is 2.86. The molecule has 0 saturated heterocycles. The van der Waals surface area contributed by atoms with E-state index >= 15 is 0 Å². The lowest BCUT2D eigenvalue weighted by molar-refractivity contribution is 0.505. The summed E-state index contributed by atoms with van der Waals surface area (Å²) in [6.07, 6.45) is 4.14. The Morgan fingerprint density at radius 3 is 2.65 bits per heavy atom. The Kier molecular flexibility index (Phi) is 5.08. The first-order valence-electron chi connectivity index (χ1n) is 7.55. The van der Waals surface area contributed by atoms with Crippen molar-refractivity contribution in [2.24, 2.45) is 13.0 Å². The van der Waals surface area contributed by atoms with Crippen molar-refractivity contribution < 1.29 is 0 Å². The third-order valence-electron chi connectivity index (χ3n) is 3.69. The van der Waals surface area contributed by atoms with Gasteiger partial charge in [0.1, 0.15) is 11.3 Å². The number of nitrogens with zero attached hydrogens (tertiary/aromatic N) is 4. The molecule has 0 aliphatic carbocycles. The number of rotatable bonds is 7. The SMILES string of the molecule is CCc1nn(C)c2c1nc(CCCl)n2CCCC(C)C. The van der Waals surface area contributed by atoms with Crippen molar-refractivity contribution in [1.82, 2.24) is 19.3 Å². The number of halogens is 1. The van der Waals surface area contributed by atoms with Gasteiger partial charge in [-0.25, -0.2) is 4.98 Å². The van der Waals surface area contributed by atoms with Crippen LogP contribution in [0.5, 0.6) is 0 Å². The number of aryl methyl sites for hydroxylation is 4. The summed E-state index contributed by atoms with van der Waals surface area (Å²) in [7, 11) is 2.01. The fourth-order valence-electron chi connectivity index (χ4n) is 2.69. The summed E-state index contributed by atoms with van der Waals surface area (Å²) in [4.78, 5) is 4.79. The molecule has 0 aliphatic rings.